The van der Waals surface area contributed by atoms with Crippen LogP contribution in [0.1, 0.15) is 168 Å². The molecule has 1 aromatic carbocycles. The van der Waals surface area contributed by atoms with Gasteiger partial charge in [0.25, 0.3) is 0 Å². The first kappa shape index (κ1) is 37.4. The highest BCUT2D eigenvalue weighted by molar-refractivity contribution is 5.90. The summed E-state index contributed by atoms with van der Waals surface area (Å²) in [6.45, 7) is 25.6. The molecule has 0 aromatic heterocycles. The Labute approximate surface area is 294 Å². The van der Waals surface area contributed by atoms with Crippen LogP contribution in [0.5, 0.6) is 5.75 Å². The maximum atomic E-state index is 13.2. The highest BCUT2D eigenvalue weighted by Crippen LogP contribution is 2.67. The normalized spacial score (nSPS) is 32.7. The lowest BCUT2D eigenvalue weighted by molar-refractivity contribution is -0.0664. The van der Waals surface area contributed by atoms with Crippen molar-refractivity contribution in [2.75, 3.05) is 13.2 Å². The molecule has 0 heterocycles. The Balaban J connectivity index is 1.16. The number of aromatic hydroxyl groups is 1. The molecule has 270 valence electrons. The number of rotatable bonds is 10. The first-order chi connectivity index (χ1) is 22.4. The second-order valence-electron chi connectivity index (χ2n) is 19.6. The number of allylic oxidation sites excluding steroid dienone is 1. The van der Waals surface area contributed by atoms with Gasteiger partial charge in [0.2, 0.25) is 0 Å². The fraction of sp³-hybridized carbons (Fsp3) is 0.795. The molecule has 48 heavy (non-hydrogen) atoms. The van der Waals surface area contributed by atoms with E-state index < -0.39 is 0 Å². The average Bonchev–Trinajstić information content (AvgIpc) is 3.35. The van der Waals surface area contributed by atoms with Gasteiger partial charge in [-0.25, -0.2) is 4.79 Å². The van der Waals surface area contributed by atoms with Crippen molar-refractivity contribution in [3.8, 4) is 5.75 Å². The van der Waals surface area contributed by atoms with Gasteiger partial charge in [-0.05, 0) is 121 Å². The van der Waals surface area contributed by atoms with Gasteiger partial charge in [0.15, 0.2) is 0 Å². The summed E-state index contributed by atoms with van der Waals surface area (Å²) in [7, 11) is 0. The van der Waals surface area contributed by atoms with Crippen LogP contribution in [0.3, 0.4) is 0 Å². The molecule has 1 unspecified atom stereocenters. The van der Waals surface area contributed by atoms with E-state index in [9.17, 15) is 9.90 Å². The Morgan fingerprint density at radius 2 is 1.56 bits per heavy atom. The van der Waals surface area contributed by atoms with Crippen LogP contribution in [0.4, 0.5) is 0 Å². The number of carbonyl (C=O) groups is 1. The summed E-state index contributed by atoms with van der Waals surface area (Å²) in [5.41, 5.74) is 3.93. The molecule has 0 aliphatic heterocycles. The Morgan fingerprint density at radius 1 is 0.896 bits per heavy atom. The Morgan fingerprint density at radius 3 is 2.19 bits per heavy atom. The Hall–Kier alpha value is -1.81. The second kappa shape index (κ2) is 14.1. The van der Waals surface area contributed by atoms with Crippen molar-refractivity contribution < 1.29 is 19.4 Å². The van der Waals surface area contributed by atoms with Gasteiger partial charge in [-0.3, -0.25) is 0 Å². The molecule has 3 saturated carbocycles. The van der Waals surface area contributed by atoms with Crippen molar-refractivity contribution in [3.63, 3.8) is 0 Å². The van der Waals surface area contributed by atoms with Crippen LogP contribution in [0.25, 0.3) is 0 Å². The third kappa shape index (κ3) is 7.45. The molecule has 1 aromatic rings. The Kier molecular flexibility index (Phi) is 11.0. The monoisotopic (exact) mass is 663 g/mol. The van der Waals surface area contributed by atoms with E-state index in [1.54, 1.807) is 17.7 Å². The standard InChI is InChI=1S/C44H70O4/c1-28(2)13-12-14-29(3)34-17-18-35-33-16-15-31-27-32(19-21-43(31,10)36(33)20-22-44(34,35)11)47-23-24-48-40(46)30-25-37(41(4,5)6)39(45)38(26-30)42(7,8)9/h15,25-26,28-29,32-36,45H,12-14,16-24,27H2,1-11H3/t29-,32?,33+,34-,35+,36+,43+,44-/m1/s1. The lowest BCUT2D eigenvalue weighted by Gasteiger charge is -2.58. The molecule has 0 radical (unpaired) electrons. The van der Waals surface area contributed by atoms with Gasteiger partial charge in [0.05, 0.1) is 18.3 Å². The van der Waals surface area contributed by atoms with Gasteiger partial charge < -0.3 is 14.6 Å². The second-order valence-corrected chi connectivity index (χ2v) is 19.6. The molecule has 1 N–H and O–H groups in total. The summed E-state index contributed by atoms with van der Waals surface area (Å²) >= 11 is 0. The number of phenols is 1. The molecule has 4 aliphatic rings. The SMILES string of the molecule is CC(C)CCC[C@@H](C)[C@H]1CC[C@H]2[C@@H]3CC=C4CC(OCCOC(=O)c5cc(C(C)(C)C)c(O)c(C(C)(C)C)c5)CC[C@]4(C)[C@H]3CC[C@]12C. The predicted octanol–water partition coefficient (Wildman–Crippen LogP) is 11.6. The number of ether oxygens (including phenoxy) is 2. The molecule has 4 aliphatic carbocycles. The average molecular weight is 663 g/mol. The van der Waals surface area contributed by atoms with Crippen LogP contribution in [0.15, 0.2) is 23.8 Å². The van der Waals surface area contributed by atoms with Gasteiger partial charge in [-0.2, -0.15) is 0 Å². The zero-order chi connectivity index (χ0) is 35.2. The zero-order valence-electron chi connectivity index (χ0n) is 32.6. The van der Waals surface area contributed by atoms with Crippen LogP contribution in [-0.2, 0) is 20.3 Å². The molecular formula is C44H70O4. The minimum Gasteiger partial charge on any atom is -0.507 e. The predicted molar refractivity (Wildman–Crippen MR) is 199 cm³/mol. The van der Waals surface area contributed by atoms with E-state index in [-0.39, 0.29) is 35.3 Å². The van der Waals surface area contributed by atoms with Crippen molar-refractivity contribution in [2.24, 2.45) is 46.3 Å². The first-order valence-corrected chi connectivity index (χ1v) is 19.7. The highest BCUT2D eigenvalue weighted by atomic mass is 16.6. The third-order valence-electron chi connectivity index (χ3n) is 13.9. The van der Waals surface area contributed by atoms with Crippen LogP contribution >= 0.6 is 0 Å². The quantitative estimate of drug-likeness (QED) is 0.154. The third-order valence-corrected chi connectivity index (χ3v) is 13.9. The zero-order valence-corrected chi connectivity index (χ0v) is 32.6. The molecule has 0 saturated heterocycles. The largest absolute Gasteiger partial charge is 0.507 e. The number of hydrogen-bond donors (Lipinski definition) is 1. The topological polar surface area (TPSA) is 55.8 Å². The van der Waals surface area contributed by atoms with E-state index in [4.69, 9.17) is 9.47 Å². The van der Waals surface area contributed by atoms with E-state index in [1.807, 2.05) is 0 Å². The number of phenolic OH excluding ortho intramolecular Hbond substituents is 1. The van der Waals surface area contributed by atoms with Gasteiger partial charge >= 0.3 is 5.97 Å². The molecule has 4 nitrogen and oxygen atoms in total. The van der Waals surface area contributed by atoms with E-state index in [2.05, 4.69) is 82.2 Å². The summed E-state index contributed by atoms with van der Waals surface area (Å²) in [6, 6.07) is 3.60. The molecule has 0 bridgehead atoms. The summed E-state index contributed by atoms with van der Waals surface area (Å²) in [6.07, 6.45) is 17.3. The maximum Gasteiger partial charge on any atom is 0.338 e. The molecule has 0 amide bonds. The lowest BCUT2D eigenvalue weighted by Crippen LogP contribution is -2.51. The number of benzene rings is 1. The van der Waals surface area contributed by atoms with E-state index in [1.165, 1.54) is 57.8 Å². The van der Waals surface area contributed by atoms with Crippen LogP contribution < -0.4 is 0 Å². The van der Waals surface area contributed by atoms with Crippen molar-refractivity contribution in [3.05, 3.63) is 40.5 Å². The van der Waals surface area contributed by atoms with Gasteiger partial charge in [0.1, 0.15) is 12.4 Å². The van der Waals surface area contributed by atoms with Crippen molar-refractivity contribution in [1.29, 1.82) is 0 Å². The van der Waals surface area contributed by atoms with E-state index in [0.29, 0.717) is 23.0 Å². The van der Waals surface area contributed by atoms with Crippen LogP contribution in [-0.4, -0.2) is 30.4 Å². The minimum absolute atomic E-state index is 0.199. The molecule has 5 rings (SSSR count). The van der Waals surface area contributed by atoms with Gasteiger partial charge in [-0.15, -0.1) is 0 Å². The van der Waals surface area contributed by atoms with E-state index in [0.717, 1.165) is 59.5 Å². The smallest absolute Gasteiger partial charge is 0.338 e. The number of esters is 1. The highest BCUT2D eigenvalue weighted by Gasteiger charge is 2.59. The van der Waals surface area contributed by atoms with Gasteiger partial charge in [0, 0.05) is 11.1 Å². The minimum atomic E-state index is -0.352. The lowest BCUT2D eigenvalue weighted by atomic mass is 9.47. The summed E-state index contributed by atoms with van der Waals surface area (Å²) in [5.74, 6) is 5.06. The summed E-state index contributed by atoms with van der Waals surface area (Å²) in [4.78, 5) is 13.2. The molecular weight excluding hydrogens is 592 g/mol. The summed E-state index contributed by atoms with van der Waals surface area (Å²) in [5, 5.41) is 11.0. The van der Waals surface area contributed by atoms with Crippen molar-refractivity contribution >= 4 is 5.97 Å². The van der Waals surface area contributed by atoms with Crippen LogP contribution in [0.2, 0.25) is 0 Å². The van der Waals surface area contributed by atoms with Crippen molar-refractivity contribution in [2.45, 2.75) is 164 Å². The number of fused-ring (bicyclic) bond motifs is 5. The number of carbonyl (C=O) groups excluding carboxylic acids is 1. The molecule has 4 heteroatoms. The molecule has 0 spiro atoms. The fourth-order valence-corrected chi connectivity index (χ4v) is 11.1. The molecule has 8 atom stereocenters. The first-order valence-electron chi connectivity index (χ1n) is 19.7. The van der Waals surface area contributed by atoms with E-state index >= 15 is 0 Å². The molecule has 3 fully saturated rings. The van der Waals surface area contributed by atoms with Gasteiger partial charge in [-0.1, -0.05) is 107 Å². The Bertz CT molecular complexity index is 1290. The van der Waals surface area contributed by atoms with Crippen LogP contribution in [0, 0.1) is 46.3 Å². The number of hydrogen-bond acceptors (Lipinski definition) is 4. The summed E-state index contributed by atoms with van der Waals surface area (Å²) < 4.78 is 12.1. The fourth-order valence-electron chi connectivity index (χ4n) is 11.1. The van der Waals surface area contributed by atoms with Crippen molar-refractivity contribution in [1.82, 2.24) is 0 Å². The maximum absolute atomic E-state index is 13.2.